The number of benzene rings is 1. The van der Waals surface area contributed by atoms with E-state index in [1.165, 1.54) is 6.07 Å². The summed E-state index contributed by atoms with van der Waals surface area (Å²) in [5.74, 6) is -2.22. The smallest absolute Gasteiger partial charge is 0.339 e. The first-order valence-electron chi connectivity index (χ1n) is 8.11. The van der Waals surface area contributed by atoms with Crippen molar-refractivity contribution in [3.63, 3.8) is 0 Å². The number of urea groups is 1. The van der Waals surface area contributed by atoms with Crippen molar-refractivity contribution < 1.29 is 23.9 Å². The molecule has 8 nitrogen and oxygen atoms in total. The summed E-state index contributed by atoms with van der Waals surface area (Å²) in [5.41, 5.74) is 0.178. The zero-order valence-electron chi connectivity index (χ0n) is 14.4. The van der Waals surface area contributed by atoms with E-state index < -0.39 is 30.3 Å². The fourth-order valence-electron chi connectivity index (χ4n) is 2.34. The number of carbonyl (C=O) groups excluding carboxylic acids is 4. The normalized spacial score (nSPS) is 15.6. The highest BCUT2D eigenvalue weighted by molar-refractivity contribution is 6.53. The number of amides is 5. The lowest BCUT2D eigenvalue weighted by Crippen LogP contribution is -2.43. The minimum Gasteiger partial charge on any atom is -0.492 e. The number of carbonyl (C=O) groups is 4. The van der Waals surface area contributed by atoms with Gasteiger partial charge in [0.2, 0.25) is 5.91 Å². The van der Waals surface area contributed by atoms with Crippen molar-refractivity contribution in [3.05, 3.63) is 24.3 Å². The minimum absolute atomic E-state index is 0.0919. The molecular weight excluding hydrogens is 326 g/mol. The Labute approximate surface area is 145 Å². The molecule has 0 aliphatic carbocycles. The second-order valence-corrected chi connectivity index (χ2v) is 5.59. The molecule has 1 atom stereocenters. The van der Waals surface area contributed by atoms with Crippen LogP contribution in [0.4, 0.5) is 10.5 Å². The maximum Gasteiger partial charge on any atom is 0.339 e. The SMILES string of the molecule is CCOc1ccccc1N1C(=O)C(=O)N(CC(=O)N[C@H](C)CC)C1=O. The van der Waals surface area contributed by atoms with Gasteiger partial charge in [0, 0.05) is 6.04 Å². The van der Waals surface area contributed by atoms with Crippen LogP contribution in [-0.2, 0) is 14.4 Å². The van der Waals surface area contributed by atoms with Crippen LogP contribution in [-0.4, -0.2) is 47.8 Å². The Morgan fingerprint density at radius 3 is 2.48 bits per heavy atom. The summed E-state index contributed by atoms with van der Waals surface area (Å²) >= 11 is 0. The van der Waals surface area contributed by atoms with Gasteiger partial charge in [-0.1, -0.05) is 19.1 Å². The third kappa shape index (κ3) is 3.78. The number of rotatable bonds is 7. The van der Waals surface area contributed by atoms with Crippen molar-refractivity contribution in [2.75, 3.05) is 18.1 Å². The largest absolute Gasteiger partial charge is 0.492 e. The van der Waals surface area contributed by atoms with Crippen LogP contribution in [0, 0.1) is 0 Å². The van der Waals surface area contributed by atoms with Crippen LogP contribution in [0.5, 0.6) is 5.75 Å². The second kappa shape index (κ2) is 7.78. The lowest BCUT2D eigenvalue weighted by atomic mass is 10.2. The van der Waals surface area contributed by atoms with Crippen molar-refractivity contribution in [2.24, 2.45) is 0 Å². The van der Waals surface area contributed by atoms with Gasteiger partial charge in [-0.15, -0.1) is 0 Å². The number of anilines is 1. The fraction of sp³-hybridized carbons (Fsp3) is 0.412. The fourth-order valence-corrected chi connectivity index (χ4v) is 2.34. The molecule has 1 heterocycles. The Morgan fingerprint density at radius 2 is 1.84 bits per heavy atom. The van der Waals surface area contributed by atoms with Gasteiger partial charge in [-0.25, -0.2) is 14.6 Å². The molecule has 25 heavy (non-hydrogen) atoms. The molecule has 0 bridgehead atoms. The number of hydrogen-bond acceptors (Lipinski definition) is 5. The average molecular weight is 347 g/mol. The van der Waals surface area contributed by atoms with E-state index in [0.29, 0.717) is 23.7 Å². The van der Waals surface area contributed by atoms with E-state index in [1.54, 1.807) is 32.0 Å². The standard InChI is InChI=1S/C17H21N3O5/c1-4-11(3)18-14(21)10-19-15(22)16(23)20(17(19)24)12-8-6-7-9-13(12)25-5-2/h6-9,11H,4-5,10H2,1-3H3,(H,18,21)/t11-/m1/s1. The molecule has 134 valence electrons. The van der Waals surface area contributed by atoms with Gasteiger partial charge in [0.05, 0.1) is 12.3 Å². The highest BCUT2D eigenvalue weighted by Gasteiger charge is 2.47. The molecule has 0 spiro atoms. The van der Waals surface area contributed by atoms with Crippen LogP contribution in [0.3, 0.4) is 0 Å². The summed E-state index contributed by atoms with van der Waals surface area (Å²) in [6, 6.07) is 5.48. The molecule has 1 N–H and O–H groups in total. The molecule has 1 aliphatic heterocycles. The molecule has 1 aliphatic rings. The van der Waals surface area contributed by atoms with Gasteiger partial charge in [-0.2, -0.15) is 0 Å². The molecule has 1 aromatic carbocycles. The highest BCUT2D eigenvalue weighted by atomic mass is 16.5. The van der Waals surface area contributed by atoms with E-state index >= 15 is 0 Å². The van der Waals surface area contributed by atoms with Crippen molar-refractivity contribution in [3.8, 4) is 5.75 Å². The Hall–Kier alpha value is -2.90. The van der Waals surface area contributed by atoms with Crippen LogP contribution in [0.1, 0.15) is 27.2 Å². The Bertz CT molecular complexity index is 703. The van der Waals surface area contributed by atoms with Crippen molar-refractivity contribution in [1.82, 2.24) is 10.2 Å². The molecule has 5 amide bonds. The molecule has 2 rings (SSSR count). The van der Waals surface area contributed by atoms with Crippen LogP contribution in [0.25, 0.3) is 0 Å². The van der Waals surface area contributed by atoms with E-state index in [0.717, 1.165) is 4.90 Å². The molecule has 8 heteroatoms. The van der Waals surface area contributed by atoms with E-state index in [1.807, 2.05) is 6.92 Å². The van der Waals surface area contributed by atoms with E-state index in [4.69, 9.17) is 4.74 Å². The zero-order chi connectivity index (χ0) is 18.6. The number of para-hydroxylation sites is 2. The first-order chi connectivity index (χ1) is 11.9. The van der Waals surface area contributed by atoms with E-state index in [-0.39, 0.29) is 11.7 Å². The van der Waals surface area contributed by atoms with Crippen molar-refractivity contribution >= 4 is 29.4 Å². The highest BCUT2D eigenvalue weighted by Crippen LogP contribution is 2.31. The number of ether oxygens (including phenoxy) is 1. The van der Waals surface area contributed by atoms with Crippen LogP contribution >= 0.6 is 0 Å². The van der Waals surface area contributed by atoms with Crippen LogP contribution < -0.4 is 15.0 Å². The zero-order valence-corrected chi connectivity index (χ0v) is 14.4. The molecule has 1 aromatic rings. The molecule has 0 unspecified atom stereocenters. The summed E-state index contributed by atoms with van der Waals surface area (Å²) in [6.45, 7) is 5.30. The van der Waals surface area contributed by atoms with E-state index in [9.17, 15) is 19.2 Å². The summed E-state index contributed by atoms with van der Waals surface area (Å²) in [5, 5.41) is 2.66. The van der Waals surface area contributed by atoms with Gasteiger partial charge in [0.15, 0.2) is 0 Å². The molecule has 0 aromatic heterocycles. The molecule has 0 saturated carbocycles. The van der Waals surface area contributed by atoms with Gasteiger partial charge in [0.1, 0.15) is 12.3 Å². The van der Waals surface area contributed by atoms with Crippen molar-refractivity contribution in [1.29, 1.82) is 0 Å². The summed E-state index contributed by atoms with van der Waals surface area (Å²) in [6.07, 6.45) is 0.709. The van der Waals surface area contributed by atoms with Gasteiger partial charge in [0.25, 0.3) is 0 Å². The topological polar surface area (TPSA) is 96.0 Å². The Kier molecular flexibility index (Phi) is 5.74. The number of nitrogens with zero attached hydrogens (tertiary/aromatic N) is 2. The predicted molar refractivity (Wildman–Crippen MR) is 90.1 cm³/mol. The Morgan fingerprint density at radius 1 is 1.16 bits per heavy atom. The number of imide groups is 2. The first-order valence-corrected chi connectivity index (χ1v) is 8.11. The van der Waals surface area contributed by atoms with Crippen molar-refractivity contribution in [2.45, 2.75) is 33.2 Å². The second-order valence-electron chi connectivity index (χ2n) is 5.59. The van der Waals surface area contributed by atoms with Crippen LogP contribution in [0.2, 0.25) is 0 Å². The predicted octanol–water partition coefficient (Wildman–Crippen LogP) is 1.30. The average Bonchev–Trinajstić information content (AvgIpc) is 2.79. The summed E-state index contributed by atoms with van der Waals surface area (Å²) in [7, 11) is 0. The van der Waals surface area contributed by atoms with Gasteiger partial charge in [-0.05, 0) is 32.4 Å². The first kappa shape index (κ1) is 18.4. The molecule has 0 radical (unpaired) electrons. The van der Waals surface area contributed by atoms with E-state index in [2.05, 4.69) is 5.32 Å². The lowest BCUT2D eigenvalue weighted by Gasteiger charge is -2.18. The Balaban J connectivity index is 2.24. The third-order valence-electron chi connectivity index (χ3n) is 3.78. The third-order valence-corrected chi connectivity index (χ3v) is 3.78. The monoisotopic (exact) mass is 347 g/mol. The maximum absolute atomic E-state index is 12.5. The number of nitrogens with one attached hydrogen (secondary N) is 1. The van der Waals surface area contributed by atoms with Gasteiger partial charge >= 0.3 is 17.8 Å². The van der Waals surface area contributed by atoms with Gasteiger partial charge in [-0.3, -0.25) is 14.4 Å². The van der Waals surface area contributed by atoms with Crippen LogP contribution in [0.15, 0.2) is 24.3 Å². The molecule has 1 fully saturated rings. The molecule has 1 saturated heterocycles. The maximum atomic E-state index is 12.5. The summed E-state index contributed by atoms with van der Waals surface area (Å²) in [4.78, 5) is 50.3. The minimum atomic E-state index is -1.03. The number of hydrogen-bond donors (Lipinski definition) is 1. The summed E-state index contributed by atoms with van der Waals surface area (Å²) < 4.78 is 5.41. The quantitative estimate of drug-likeness (QED) is 0.592. The molecular formula is C17H21N3O5. The van der Waals surface area contributed by atoms with Gasteiger partial charge < -0.3 is 10.1 Å². The lowest BCUT2D eigenvalue weighted by molar-refractivity contribution is -0.140.